The predicted molar refractivity (Wildman–Crippen MR) is 145 cm³/mol. The second-order valence-corrected chi connectivity index (χ2v) is 9.23. The maximum Gasteiger partial charge on any atom is 0.152 e. The molecule has 2 aliphatic heterocycles. The third-order valence-corrected chi connectivity index (χ3v) is 6.98. The highest BCUT2D eigenvalue weighted by atomic mass is 16.5. The highest BCUT2D eigenvalue weighted by molar-refractivity contribution is 5.98. The van der Waals surface area contributed by atoms with Crippen LogP contribution < -0.4 is 15.1 Å². The number of hydrogen-bond acceptors (Lipinski definition) is 7. The Labute approximate surface area is 211 Å². The van der Waals surface area contributed by atoms with Gasteiger partial charge in [0.05, 0.1) is 60.9 Å². The number of morpholine rings is 2. The molecule has 2 aromatic carbocycles. The van der Waals surface area contributed by atoms with Gasteiger partial charge in [-0.1, -0.05) is 48.5 Å². The van der Waals surface area contributed by atoms with Crippen molar-refractivity contribution in [2.45, 2.75) is 6.92 Å². The smallest absolute Gasteiger partial charge is 0.152 e. The zero-order valence-electron chi connectivity index (χ0n) is 20.6. The van der Waals surface area contributed by atoms with Gasteiger partial charge in [0.25, 0.3) is 0 Å². The standard InChI is InChI=1S/C29H31N5O2/c1-21-27(22-7-3-2-4-8-22)31-25-10-6-5-9-24(25)28(21)32-26-19-23(33-11-15-35-16-12-33)20-30-29(26)34-13-17-36-18-14-34/h2-10,19-20H,11-18H2,1H3,(H,31,32). The van der Waals surface area contributed by atoms with E-state index >= 15 is 0 Å². The lowest BCUT2D eigenvalue weighted by Gasteiger charge is -2.32. The predicted octanol–water partition coefficient (Wildman–Crippen LogP) is 5.02. The highest BCUT2D eigenvalue weighted by Gasteiger charge is 2.21. The van der Waals surface area contributed by atoms with Crippen molar-refractivity contribution in [3.63, 3.8) is 0 Å². The molecule has 4 heterocycles. The summed E-state index contributed by atoms with van der Waals surface area (Å²) in [7, 11) is 0. The van der Waals surface area contributed by atoms with E-state index in [-0.39, 0.29) is 0 Å². The Balaban J connectivity index is 1.48. The van der Waals surface area contributed by atoms with Gasteiger partial charge in [-0.25, -0.2) is 9.97 Å². The normalized spacial score (nSPS) is 16.4. The first kappa shape index (κ1) is 22.8. The minimum absolute atomic E-state index is 0.710. The van der Waals surface area contributed by atoms with Crippen LogP contribution in [0.25, 0.3) is 22.2 Å². The first-order valence-corrected chi connectivity index (χ1v) is 12.6. The molecule has 36 heavy (non-hydrogen) atoms. The molecule has 2 fully saturated rings. The second kappa shape index (κ2) is 10.1. The number of ether oxygens (including phenoxy) is 2. The average Bonchev–Trinajstić information content (AvgIpc) is 2.96. The lowest BCUT2D eigenvalue weighted by molar-refractivity contribution is 0.122. The first-order chi connectivity index (χ1) is 17.8. The summed E-state index contributed by atoms with van der Waals surface area (Å²) in [5, 5.41) is 4.92. The van der Waals surface area contributed by atoms with Crippen LogP contribution in [0.3, 0.4) is 0 Å². The van der Waals surface area contributed by atoms with E-state index in [1.54, 1.807) is 0 Å². The Kier molecular flexibility index (Phi) is 6.40. The van der Waals surface area contributed by atoms with Crippen molar-refractivity contribution in [2.75, 3.05) is 67.7 Å². The van der Waals surface area contributed by atoms with E-state index < -0.39 is 0 Å². The molecular weight excluding hydrogens is 450 g/mol. The molecule has 0 saturated carbocycles. The third kappa shape index (κ3) is 4.47. The summed E-state index contributed by atoms with van der Waals surface area (Å²) in [6.45, 7) is 8.43. The van der Waals surface area contributed by atoms with Crippen LogP contribution >= 0.6 is 0 Å². The second-order valence-electron chi connectivity index (χ2n) is 9.23. The average molecular weight is 482 g/mol. The molecule has 0 unspecified atom stereocenters. The van der Waals surface area contributed by atoms with Gasteiger partial charge in [0.2, 0.25) is 0 Å². The molecule has 0 bridgehead atoms. The maximum absolute atomic E-state index is 5.62. The SMILES string of the molecule is Cc1c(-c2ccccc2)nc2ccccc2c1Nc1cc(N2CCOCC2)cnc1N1CCOCC1. The van der Waals surface area contributed by atoms with Crippen molar-refractivity contribution < 1.29 is 9.47 Å². The number of pyridine rings is 2. The molecule has 184 valence electrons. The number of anilines is 4. The van der Waals surface area contributed by atoms with Crippen molar-refractivity contribution in [1.82, 2.24) is 9.97 Å². The third-order valence-electron chi connectivity index (χ3n) is 6.98. The van der Waals surface area contributed by atoms with Gasteiger partial charge in [-0.3, -0.25) is 0 Å². The van der Waals surface area contributed by atoms with Crippen LogP contribution in [0, 0.1) is 6.92 Å². The number of nitrogens with one attached hydrogen (secondary N) is 1. The van der Waals surface area contributed by atoms with Crippen molar-refractivity contribution in [3.05, 3.63) is 72.4 Å². The van der Waals surface area contributed by atoms with E-state index in [1.807, 2.05) is 18.3 Å². The lowest BCUT2D eigenvalue weighted by Crippen LogP contribution is -2.38. The molecule has 2 aliphatic rings. The van der Waals surface area contributed by atoms with Crippen molar-refractivity contribution in [1.29, 1.82) is 0 Å². The highest BCUT2D eigenvalue weighted by Crippen LogP contribution is 2.38. The fourth-order valence-corrected chi connectivity index (χ4v) is 5.04. The summed E-state index contributed by atoms with van der Waals surface area (Å²) in [6, 6.07) is 21.0. The van der Waals surface area contributed by atoms with Crippen LogP contribution in [0.5, 0.6) is 0 Å². The molecule has 0 atom stereocenters. The molecule has 0 radical (unpaired) electrons. The van der Waals surface area contributed by atoms with E-state index in [0.717, 1.165) is 90.0 Å². The van der Waals surface area contributed by atoms with E-state index in [0.29, 0.717) is 13.2 Å². The Morgan fingerprint density at radius 1 is 0.806 bits per heavy atom. The summed E-state index contributed by atoms with van der Waals surface area (Å²) in [6.07, 6.45) is 1.99. The molecule has 0 aliphatic carbocycles. The minimum Gasteiger partial charge on any atom is -0.378 e. The molecule has 2 saturated heterocycles. The molecule has 7 heteroatoms. The Morgan fingerprint density at radius 3 is 2.22 bits per heavy atom. The van der Waals surface area contributed by atoms with Crippen LogP contribution in [0.2, 0.25) is 0 Å². The molecule has 1 N–H and O–H groups in total. The van der Waals surface area contributed by atoms with Gasteiger partial charge < -0.3 is 24.6 Å². The van der Waals surface area contributed by atoms with Crippen LogP contribution in [0.4, 0.5) is 22.9 Å². The quantitative estimate of drug-likeness (QED) is 0.429. The molecular formula is C29H31N5O2. The van der Waals surface area contributed by atoms with Gasteiger partial charge in [-0.2, -0.15) is 0 Å². The van der Waals surface area contributed by atoms with E-state index in [1.165, 1.54) is 0 Å². The molecule has 0 spiro atoms. The maximum atomic E-state index is 5.62. The summed E-state index contributed by atoms with van der Waals surface area (Å²) in [5.41, 5.74) is 7.35. The van der Waals surface area contributed by atoms with Crippen molar-refractivity contribution >= 4 is 33.8 Å². The number of para-hydroxylation sites is 1. The number of benzene rings is 2. The van der Waals surface area contributed by atoms with Gasteiger partial charge in [-0.05, 0) is 24.6 Å². The lowest BCUT2D eigenvalue weighted by atomic mass is 10.0. The molecule has 0 amide bonds. The van der Waals surface area contributed by atoms with Crippen molar-refractivity contribution in [2.24, 2.45) is 0 Å². The van der Waals surface area contributed by atoms with Crippen LogP contribution in [0.15, 0.2) is 66.9 Å². The van der Waals surface area contributed by atoms with Gasteiger partial charge in [0.15, 0.2) is 5.82 Å². The molecule has 4 aromatic rings. The Hall–Kier alpha value is -3.68. The summed E-state index contributed by atoms with van der Waals surface area (Å²) < 4.78 is 11.2. The van der Waals surface area contributed by atoms with Gasteiger partial charge in [-0.15, -0.1) is 0 Å². The number of fused-ring (bicyclic) bond motifs is 1. The number of rotatable bonds is 5. The number of aromatic nitrogens is 2. The van der Waals surface area contributed by atoms with Crippen LogP contribution in [-0.2, 0) is 9.47 Å². The summed E-state index contributed by atoms with van der Waals surface area (Å²) >= 11 is 0. The van der Waals surface area contributed by atoms with Gasteiger partial charge in [0.1, 0.15) is 0 Å². The summed E-state index contributed by atoms with van der Waals surface area (Å²) in [5.74, 6) is 0.955. The van der Waals surface area contributed by atoms with Crippen LogP contribution in [-0.4, -0.2) is 62.6 Å². The van der Waals surface area contributed by atoms with Gasteiger partial charge >= 0.3 is 0 Å². The molecule has 2 aromatic heterocycles. The Morgan fingerprint density at radius 2 is 1.47 bits per heavy atom. The largest absolute Gasteiger partial charge is 0.378 e. The first-order valence-electron chi connectivity index (χ1n) is 12.6. The van der Waals surface area contributed by atoms with E-state index in [4.69, 9.17) is 19.4 Å². The monoisotopic (exact) mass is 481 g/mol. The topological polar surface area (TPSA) is 62.8 Å². The number of nitrogens with zero attached hydrogens (tertiary/aromatic N) is 4. The zero-order chi connectivity index (χ0) is 24.3. The van der Waals surface area contributed by atoms with Crippen molar-refractivity contribution in [3.8, 4) is 11.3 Å². The zero-order valence-corrected chi connectivity index (χ0v) is 20.6. The molecule has 6 rings (SSSR count). The van der Waals surface area contributed by atoms with E-state index in [9.17, 15) is 0 Å². The molecule has 7 nitrogen and oxygen atoms in total. The Bertz CT molecular complexity index is 1350. The van der Waals surface area contributed by atoms with Gasteiger partial charge in [0, 0.05) is 37.1 Å². The minimum atomic E-state index is 0.710. The summed E-state index contributed by atoms with van der Waals surface area (Å²) in [4.78, 5) is 14.7. The fraction of sp³-hybridized carbons (Fsp3) is 0.310. The fourth-order valence-electron chi connectivity index (χ4n) is 5.04. The number of hydrogen-bond donors (Lipinski definition) is 1. The van der Waals surface area contributed by atoms with E-state index in [2.05, 4.69) is 70.6 Å². The van der Waals surface area contributed by atoms with Crippen LogP contribution in [0.1, 0.15) is 5.56 Å².